The summed E-state index contributed by atoms with van der Waals surface area (Å²) >= 11 is 0. The quantitative estimate of drug-likeness (QED) is 0.799. The van der Waals surface area contributed by atoms with Crippen LogP contribution in [-0.4, -0.2) is 17.6 Å². The van der Waals surface area contributed by atoms with E-state index >= 15 is 0 Å². The molecule has 0 aliphatic rings. The topological polar surface area (TPSA) is 65.2 Å². The third kappa shape index (κ3) is 3.45. The van der Waals surface area contributed by atoms with Gasteiger partial charge in [-0.1, -0.05) is 0 Å². The van der Waals surface area contributed by atoms with E-state index in [0.29, 0.717) is 0 Å². The Balaban J connectivity index is 2.99. The lowest BCUT2D eigenvalue weighted by Gasteiger charge is -2.11. The van der Waals surface area contributed by atoms with Crippen LogP contribution in [0, 0.1) is 0 Å². The van der Waals surface area contributed by atoms with Crippen molar-refractivity contribution in [3.05, 3.63) is 29.1 Å². The molecule has 0 unspecified atom stereocenters. The van der Waals surface area contributed by atoms with E-state index < -0.39 is 12.4 Å². The van der Waals surface area contributed by atoms with Crippen molar-refractivity contribution in [1.82, 2.24) is 4.98 Å². The van der Waals surface area contributed by atoms with Gasteiger partial charge in [0.1, 0.15) is 0 Å². The standard InChI is InChI=1S/C11H14F2N2O2/c1-2-17-10(16)5-9-8(6-14)7(11(12)13)3-4-15-9/h3-4,11H,2,5-6,14H2,1H3. The van der Waals surface area contributed by atoms with Gasteiger partial charge in [0.2, 0.25) is 0 Å². The van der Waals surface area contributed by atoms with E-state index in [-0.39, 0.29) is 36.4 Å². The predicted octanol–water partition coefficient (Wildman–Crippen LogP) is 1.58. The largest absolute Gasteiger partial charge is 0.466 e. The van der Waals surface area contributed by atoms with Gasteiger partial charge in [0.05, 0.1) is 18.7 Å². The summed E-state index contributed by atoms with van der Waals surface area (Å²) in [5.74, 6) is -0.499. The van der Waals surface area contributed by atoms with Crippen LogP contribution in [0.15, 0.2) is 12.3 Å². The van der Waals surface area contributed by atoms with E-state index in [1.54, 1.807) is 6.92 Å². The summed E-state index contributed by atoms with van der Waals surface area (Å²) in [7, 11) is 0. The highest BCUT2D eigenvalue weighted by Crippen LogP contribution is 2.24. The zero-order chi connectivity index (χ0) is 12.8. The lowest BCUT2D eigenvalue weighted by molar-refractivity contribution is -0.142. The minimum absolute atomic E-state index is 0.0811. The van der Waals surface area contributed by atoms with Crippen LogP contribution >= 0.6 is 0 Å². The summed E-state index contributed by atoms with van der Waals surface area (Å²) < 4.78 is 30.1. The van der Waals surface area contributed by atoms with Crippen LogP contribution in [0.3, 0.4) is 0 Å². The SMILES string of the molecule is CCOC(=O)Cc1nccc(C(F)F)c1CN. The molecule has 2 N–H and O–H groups in total. The number of hydrogen-bond acceptors (Lipinski definition) is 4. The number of ether oxygens (including phenoxy) is 1. The molecule has 0 spiro atoms. The predicted molar refractivity (Wildman–Crippen MR) is 57.4 cm³/mol. The Bertz CT molecular complexity index is 397. The second-order valence-electron chi connectivity index (χ2n) is 3.31. The molecule has 0 aliphatic heterocycles. The molecule has 17 heavy (non-hydrogen) atoms. The van der Waals surface area contributed by atoms with Gasteiger partial charge in [-0.15, -0.1) is 0 Å². The number of hydrogen-bond donors (Lipinski definition) is 1. The van der Waals surface area contributed by atoms with Gasteiger partial charge < -0.3 is 10.5 Å². The van der Waals surface area contributed by atoms with Crippen molar-refractivity contribution in [1.29, 1.82) is 0 Å². The summed E-state index contributed by atoms with van der Waals surface area (Å²) in [6, 6.07) is 1.21. The molecule has 4 nitrogen and oxygen atoms in total. The minimum Gasteiger partial charge on any atom is -0.466 e. The number of alkyl halides is 2. The summed E-state index contributed by atoms with van der Waals surface area (Å²) in [6.45, 7) is 1.83. The van der Waals surface area contributed by atoms with Gasteiger partial charge in [0.15, 0.2) is 0 Å². The number of esters is 1. The minimum atomic E-state index is -2.63. The second kappa shape index (κ2) is 6.24. The van der Waals surface area contributed by atoms with E-state index in [2.05, 4.69) is 4.98 Å². The highest BCUT2D eigenvalue weighted by molar-refractivity contribution is 5.72. The number of nitrogens with two attached hydrogens (primary N) is 1. The molecule has 0 radical (unpaired) electrons. The van der Waals surface area contributed by atoms with Crippen molar-refractivity contribution in [3.8, 4) is 0 Å². The van der Waals surface area contributed by atoms with Crippen molar-refractivity contribution in [2.24, 2.45) is 5.73 Å². The van der Waals surface area contributed by atoms with E-state index in [1.807, 2.05) is 0 Å². The maximum absolute atomic E-state index is 12.7. The van der Waals surface area contributed by atoms with Crippen molar-refractivity contribution < 1.29 is 18.3 Å². The first-order chi connectivity index (χ1) is 8.10. The molecule has 1 aromatic heterocycles. The first kappa shape index (κ1) is 13.5. The molecule has 1 aromatic rings. The third-order valence-electron chi connectivity index (χ3n) is 2.24. The molecule has 0 fully saturated rings. The first-order valence-electron chi connectivity index (χ1n) is 5.20. The molecule has 1 heterocycles. The number of rotatable bonds is 5. The average Bonchev–Trinajstić information content (AvgIpc) is 2.28. The lowest BCUT2D eigenvalue weighted by atomic mass is 10.0. The zero-order valence-corrected chi connectivity index (χ0v) is 9.45. The normalized spacial score (nSPS) is 10.6. The molecular weight excluding hydrogens is 230 g/mol. The molecule has 0 saturated heterocycles. The van der Waals surface area contributed by atoms with E-state index in [4.69, 9.17) is 10.5 Å². The Kier molecular flexibility index (Phi) is 4.96. The van der Waals surface area contributed by atoms with Gasteiger partial charge in [-0.25, -0.2) is 8.78 Å². The summed E-state index contributed by atoms with van der Waals surface area (Å²) in [5.41, 5.74) is 5.71. The molecule has 0 aromatic carbocycles. The number of aromatic nitrogens is 1. The number of carbonyl (C=O) groups is 1. The van der Waals surface area contributed by atoms with Gasteiger partial charge in [-0.2, -0.15) is 0 Å². The average molecular weight is 244 g/mol. The Labute approximate surface area is 97.8 Å². The molecular formula is C11H14F2N2O2. The molecule has 0 saturated carbocycles. The Morgan fingerprint density at radius 2 is 2.29 bits per heavy atom. The second-order valence-corrected chi connectivity index (χ2v) is 3.31. The van der Waals surface area contributed by atoms with Crippen LogP contribution in [0.2, 0.25) is 0 Å². The molecule has 0 aliphatic carbocycles. The molecule has 1 rings (SSSR count). The first-order valence-corrected chi connectivity index (χ1v) is 5.20. The molecule has 0 bridgehead atoms. The Morgan fingerprint density at radius 1 is 1.59 bits per heavy atom. The maximum Gasteiger partial charge on any atom is 0.311 e. The van der Waals surface area contributed by atoms with Crippen molar-refractivity contribution in [2.45, 2.75) is 26.3 Å². The van der Waals surface area contributed by atoms with Gasteiger partial charge in [-0.05, 0) is 18.6 Å². The number of carbonyl (C=O) groups excluding carboxylic acids is 1. The lowest BCUT2D eigenvalue weighted by Crippen LogP contribution is -2.14. The smallest absolute Gasteiger partial charge is 0.311 e. The third-order valence-corrected chi connectivity index (χ3v) is 2.24. The molecule has 6 heteroatoms. The van der Waals surface area contributed by atoms with Crippen LogP contribution in [0.4, 0.5) is 8.78 Å². The zero-order valence-electron chi connectivity index (χ0n) is 9.45. The van der Waals surface area contributed by atoms with E-state index in [0.717, 1.165) is 0 Å². The van der Waals surface area contributed by atoms with Crippen molar-refractivity contribution >= 4 is 5.97 Å². The summed E-state index contributed by atoms with van der Waals surface area (Å²) in [4.78, 5) is 15.2. The molecule has 94 valence electrons. The van der Waals surface area contributed by atoms with E-state index in [1.165, 1.54) is 12.3 Å². The number of halogens is 2. The van der Waals surface area contributed by atoms with Crippen LogP contribution in [0.25, 0.3) is 0 Å². The summed E-state index contributed by atoms with van der Waals surface area (Å²) in [6.07, 6.45) is -1.52. The van der Waals surface area contributed by atoms with Crippen LogP contribution in [-0.2, 0) is 22.5 Å². The van der Waals surface area contributed by atoms with Crippen LogP contribution < -0.4 is 5.73 Å². The summed E-state index contributed by atoms with van der Waals surface area (Å²) in [5, 5.41) is 0. The highest BCUT2D eigenvalue weighted by Gasteiger charge is 2.17. The van der Waals surface area contributed by atoms with Crippen molar-refractivity contribution in [3.63, 3.8) is 0 Å². The van der Waals surface area contributed by atoms with Gasteiger partial charge in [0.25, 0.3) is 6.43 Å². The Hall–Kier alpha value is -1.56. The number of pyridine rings is 1. The maximum atomic E-state index is 12.7. The van der Waals surface area contributed by atoms with Gasteiger partial charge in [-0.3, -0.25) is 9.78 Å². The van der Waals surface area contributed by atoms with Crippen LogP contribution in [0.1, 0.15) is 30.2 Å². The fourth-order valence-electron chi connectivity index (χ4n) is 1.49. The van der Waals surface area contributed by atoms with Crippen molar-refractivity contribution in [2.75, 3.05) is 6.61 Å². The van der Waals surface area contributed by atoms with Gasteiger partial charge >= 0.3 is 5.97 Å². The fourth-order valence-corrected chi connectivity index (χ4v) is 1.49. The molecule has 0 amide bonds. The molecule has 0 atom stereocenters. The van der Waals surface area contributed by atoms with E-state index in [9.17, 15) is 13.6 Å². The highest BCUT2D eigenvalue weighted by atomic mass is 19.3. The number of nitrogens with zero attached hydrogens (tertiary/aromatic N) is 1. The fraction of sp³-hybridized carbons (Fsp3) is 0.455. The van der Waals surface area contributed by atoms with Crippen LogP contribution in [0.5, 0.6) is 0 Å². The monoisotopic (exact) mass is 244 g/mol. The van der Waals surface area contributed by atoms with Gasteiger partial charge in [0, 0.05) is 18.3 Å². The Morgan fingerprint density at radius 3 is 2.82 bits per heavy atom.